The van der Waals surface area contributed by atoms with Crippen molar-refractivity contribution in [3.05, 3.63) is 50.6 Å². The number of nitrogens with one attached hydrogen (secondary N) is 1. The Morgan fingerprint density at radius 3 is 2.75 bits per heavy atom. The van der Waals surface area contributed by atoms with Gasteiger partial charge < -0.3 is 10.1 Å². The Hall–Kier alpha value is -1.10. The molecule has 0 aliphatic rings. The fourth-order valence-electron chi connectivity index (χ4n) is 1.96. The number of aromatic nitrogens is 1. The van der Waals surface area contributed by atoms with E-state index in [1.165, 1.54) is 0 Å². The molecule has 1 heterocycles. The molecule has 3 nitrogen and oxygen atoms in total. The van der Waals surface area contributed by atoms with Gasteiger partial charge in [-0.2, -0.15) is 0 Å². The monoisotopic (exact) mass is 354 g/mol. The molecule has 0 saturated heterocycles. The third-order valence-corrected chi connectivity index (χ3v) is 3.70. The lowest BCUT2D eigenvalue weighted by molar-refractivity contribution is 0.452. The lowest BCUT2D eigenvalue weighted by Gasteiger charge is -2.14. The highest BCUT2D eigenvalue weighted by atomic mass is 79.9. The van der Waals surface area contributed by atoms with Gasteiger partial charge in [-0.15, -0.1) is 0 Å². The van der Waals surface area contributed by atoms with Crippen LogP contribution in [0.1, 0.15) is 16.8 Å². The van der Waals surface area contributed by atoms with Crippen LogP contribution in [0.2, 0.25) is 5.02 Å². The van der Waals surface area contributed by atoms with Crippen LogP contribution in [0.5, 0.6) is 11.6 Å². The summed E-state index contributed by atoms with van der Waals surface area (Å²) in [5.74, 6) is 1.19. The van der Waals surface area contributed by atoms with E-state index in [2.05, 4.69) is 33.2 Å². The highest BCUT2D eigenvalue weighted by molar-refractivity contribution is 9.10. The van der Waals surface area contributed by atoms with Gasteiger partial charge in [-0.1, -0.05) is 27.5 Å². The molecule has 0 aliphatic heterocycles. The van der Waals surface area contributed by atoms with E-state index in [9.17, 15) is 0 Å². The van der Waals surface area contributed by atoms with Gasteiger partial charge in [0.15, 0.2) is 0 Å². The molecule has 0 bridgehead atoms. The zero-order valence-electron chi connectivity index (χ0n) is 11.6. The number of ether oxygens (including phenoxy) is 1. The third-order valence-electron chi connectivity index (χ3n) is 2.89. The lowest BCUT2D eigenvalue weighted by atomic mass is 10.1. The summed E-state index contributed by atoms with van der Waals surface area (Å²) in [6, 6.07) is 7.55. The van der Waals surface area contributed by atoms with Gasteiger partial charge in [0.05, 0.1) is 5.02 Å². The molecule has 20 heavy (non-hydrogen) atoms. The topological polar surface area (TPSA) is 34.2 Å². The van der Waals surface area contributed by atoms with Crippen LogP contribution in [0, 0.1) is 13.8 Å². The fraction of sp³-hybridized carbons (Fsp3) is 0.267. The summed E-state index contributed by atoms with van der Waals surface area (Å²) in [6.07, 6.45) is 0. The predicted octanol–water partition coefficient (Wildman–Crippen LogP) is 4.63. The Labute approximate surface area is 132 Å². The number of halogens is 2. The first-order chi connectivity index (χ1) is 9.51. The highest BCUT2D eigenvalue weighted by Gasteiger charge is 2.12. The number of hydrogen-bond donors (Lipinski definition) is 1. The van der Waals surface area contributed by atoms with Crippen molar-refractivity contribution in [2.45, 2.75) is 20.4 Å². The average Bonchev–Trinajstić information content (AvgIpc) is 2.38. The van der Waals surface area contributed by atoms with Gasteiger partial charge in [-0.3, -0.25) is 0 Å². The van der Waals surface area contributed by atoms with Crippen LogP contribution in [0.25, 0.3) is 0 Å². The van der Waals surface area contributed by atoms with E-state index in [0.29, 0.717) is 23.2 Å². The number of nitrogens with zero attached hydrogens (tertiary/aromatic N) is 1. The first-order valence-electron chi connectivity index (χ1n) is 6.26. The highest BCUT2D eigenvalue weighted by Crippen LogP contribution is 2.33. The van der Waals surface area contributed by atoms with Gasteiger partial charge >= 0.3 is 0 Å². The first-order valence-corrected chi connectivity index (χ1v) is 7.43. The Morgan fingerprint density at radius 2 is 2.05 bits per heavy atom. The summed E-state index contributed by atoms with van der Waals surface area (Å²) in [5.41, 5.74) is 3.10. The number of rotatable bonds is 4. The maximum Gasteiger partial charge on any atom is 0.224 e. The minimum absolute atomic E-state index is 0.560. The Balaban J connectivity index is 2.44. The summed E-state index contributed by atoms with van der Waals surface area (Å²) in [4.78, 5) is 4.48. The van der Waals surface area contributed by atoms with Crippen LogP contribution in [-0.2, 0) is 6.54 Å². The lowest BCUT2D eigenvalue weighted by Crippen LogP contribution is -2.09. The molecule has 1 aromatic heterocycles. The van der Waals surface area contributed by atoms with E-state index in [-0.39, 0.29) is 0 Å². The minimum Gasteiger partial charge on any atom is -0.437 e. The van der Waals surface area contributed by atoms with Crippen molar-refractivity contribution in [3.8, 4) is 11.6 Å². The van der Waals surface area contributed by atoms with Crippen LogP contribution in [0.3, 0.4) is 0 Å². The van der Waals surface area contributed by atoms with E-state index in [1.54, 1.807) is 6.07 Å². The molecule has 5 heteroatoms. The van der Waals surface area contributed by atoms with Crippen molar-refractivity contribution < 1.29 is 4.74 Å². The fourth-order valence-corrected chi connectivity index (χ4v) is 2.46. The molecule has 2 rings (SSSR count). The Morgan fingerprint density at radius 1 is 1.30 bits per heavy atom. The van der Waals surface area contributed by atoms with Crippen molar-refractivity contribution >= 4 is 27.5 Å². The summed E-state index contributed by atoms with van der Waals surface area (Å²) in [7, 11) is 1.90. The van der Waals surface area contributed by atoms with Gasteiger partial charge in [-0.05, 0) is 50.7 Å². The van der Waals surface area contributed by atoms with Crippen molar-refractivity contribution in [3.63, 3.8) is 0 Å². The molecule has 0 atom stereocenters. The van der Waals surface area contributed by atoms with Crippen molar-refractivity contribution in [2.75, 3.05) is 7.05 Å². The quantitative estimate of drug-likeness (QED) is 0.868. The van der Waals surface area contributed by atoms with Gasteiger partial charge in [0.25, 0.3) is 0 Å². The second kappa shape index (κ2) is 6.57. The van der Waals surface area contributed by atoms with E-state index in [0.717, 1.165) is 21.3 Å². The average molecular weight is 356 g/mol. The molecule has 1 N–H and O–H groups in total. The normalized spacial score (nSPS) is 10.7. The van der Waals surface area contributed by atoms with E-state index in [1.807, 2.05) is 32.2 Å². The number of benzene rings is 1. The molecule has 0 aliphatic carbocycles. The molecule has 1 aromatic carbocycles. The second-order valence-electron chi connectivity index (χ2n) is 4.57. The first kappa shape index (κ1) is 15.3. The Kier molecular flexibility index (Phi) is 5.02. The van der Waals surface area contributed by atoms with Crippen LogP contribution in [-0.4, -0.2) is 12.0 Å². The largest absolute Gasteiger partial charge is 0.437 e. The summed E-state index contributed by atoms with van der Waals surface area (Å²) in [6.45, 7) is 4.70. The molecule has 0 spiro atoms. The maximum atomic E-state index is 6.17. The van der Waals surface area contributed by atoms with Crippen molar-refractivity contribution in [1.29, 1.82) is 0 Å². The summed E-state index contributed by atoms with van der Waals surface area (Å²) < 4.78 is 6.84. The molecule has 0 radical (unpaired) electrons. The van der Waals surface area contributed by atoms with Crippen LogP contribution >= 0.6 is 27.5 Å². The molecule has 0 unspecified atom stereocenters. The van der Waals surface area contributed by atoms with Crippen molar-refractivity contribution in [2.24, 2.45) is 0 Å². The van der Waals surface area contributed by atoms with Crippen LogP contribution in [0.15, 0.2) is 28.7 Å². The molecule has 0 saturated carbocycles. The van der Waals surface area contributed by atoms with Gasteiger partial charge in [0.2, 0.25) is 5.88 Å². The van der Waals surface area contributed by atoms with Crippen molar-refractivity contribution in [1.82, 2.24) is 10.3 Å². The standard InChI is InChI=1S/C15H16BrClN2O/c1-9-6-10(2)19-15(12(9)8-18-3)20-14-7-11(16)4-5-13(14)17/h4-7,18H,8H2,1-3H3. The molecule has 2 aromatic rings. The predicted molar refractivity (Wildman–Crippen MR) is 85.7 cm³/mol. The zero-order chi connectivity index (χ0) is 14.7. The smallest absolute Gasteiger partial charge is 0.224 e. The van der Waals surface area contributed by atoms with Gasteiger partial charge in [0, 0.05) is 22.3 Å². The van der Waals surface area contributed by atoms with Crippen LogP contribution in [0.4, 0.5) is 0 Å². The number of pyridine rings is 1. The molecular weight excluding hydrogens is 340 g/mol. The van der Waals surface area contributed by atoms with Gasteiger partial charge in [-0.25, -0.2) is 4.98 Å². The molecule has 0 fully saturated rings. The molecule has 0 amide bonds. The second-order valence-corrected chi connectivity index (χ2v) is 5.89. The van der Waals surface area contributed by atoms with Crippen LogP contribution < -0.4 is 10.1 Å². The summed E-state index contributed by atoms with van der Waals surface area (Å²) >= 11 is 9.58. The van der Waals surface area contributed by atoms with E-state index in [4.69, 9.17) is 16.3 Å². The minimum atomic E-state index is 0.560. The molecule has 106 valence electrons. The SMILES string of the molecule is CNCc1c(C)cc(C)nc1Oc1cc(Br)ccc1Cl. The Bertz CT molecular complexity index is 632. The third kappa shape index (κ3) is 3.51. The summed E-state index contributed by atoms with van der Waals surface area (Å²) in [5, 5.41) is 3.69. The molecular formula is C15H16BrClN2O. The maximum absolute atomic E-state index is 6.17. The van der Waals surface area contributed by atoms with E-state index >= 15 is 0 Å². The zero-order valence-corrected chi connectivity index (χ0v) is 14.0. The van der Waals surface area contributed by atoms with E-state index < -0.39 is 0 Å². The number of aryl methyl sites for hydroxylation is 2. The van der Waals surface area contributed by atoms with Gasteiger partial charge in [0.1, 0.15) is 5.75 Å². The number of hydrogen-bond acceptors (Lipinski definition) is 3.